The summed E-state index contributed by atoms with van der Waals surface area (Å²) in [6.07, 6.45) is 3.42. The van der Waals surface area contributed by atoms with Crippen molar-refractivity contribution in [1.29, 1.82) is 0 Å². The maximum absolute atomic E-state index is 12.9. The highest BCUT2D eigenvalue weighted by atomic mass is 16.6. The van der Waals surface area contributed by atoms with Crippen molar-refractivity contribution in [2.45, 2.75) is 45.3 Å². The number of benzene rings is 1. The summed E-state index contributed by atoms with van der Waals surface area (Å²) in [5.74, 6) is 0.682. The zero-order chi connectivity index (χ0) is 20.4. The third-order valence-electron chi connectivity index (χ3n) is 5.27. The second-order valence-electron chi connectivity index (χ2n) is 7.17. The highest BCUT2D eigenvalue weighted by molar-refractivity contribution is 5.90. The Labute approximate surface area is 167 Å². The zero-order valence-electron chi connectivity index (χ0n) is 16.1. The molecule has 4 rings (SSSR count). The number of fused-ring (bicyclic) bond motifs is 2. The van der Waals surface area contributed by atoms with E-state index in [1.807, 2.05) is 0 Å². The fourth-order valence-electron chi connectivity index (χ4n) is 3.86. The summed E-state index contributed by atoms with van der Waals surface area (Å²) in [4.78, 5) is 38.3. The first-order chi connectivity index (χ1) is 14.1. The van der Waals surface area contributed by atoms with E-state index < -0.39 is 17.2 Å². The highest BCUT2D eigenvalue weighted by Gasteiger charge is 2.21. The first-order valence-electron chi connectivity index (χ1n) is 9.83. The molecule has 3 N–H and O–H groups in total. The first-order valence-corrected chi connectivity index (χ1v) is 9.83. The van der Waals surface area contributed by atoms with Crippen LogP contribution in [0.1, 0.15) is 30.5 Å². The van der Waals surface area contributed by atoms with Crippen LogP contribution >= 0.6 is 0 Å². The largest absolute Gasteiger partial charge is 0.486 e. The van der Waals surface area contributed by atoms with Gasteiger partial charge in [0.1, 0.15) is 19.8 Å². The van der Waals surface area contributed by atoms with Crippen LogP contribution in [0.25, 0.3) is 0 Å². The summed E-state index contributed by atoms with van der Waals surface area (Å²) < 4.78 is 13.5. The molecule has 9 heteroatoms. The Kier molecular flexibility index (Phi) is 5.39. The molecule has 2 aliphatic rings. The van der Waals surface area contributed by atoms with Crippen molar-refractivity contribution in [3.8, 4) is 11.5 Å². The van der Waals surface area contributed by atoms with Gasteiger partial charge >= 0.3 is 5.69 Å². The number of rotatable bonds is 4. The first kappa shape index (κ1) is 19.3. The monoisotopic (exact) mass is 400 g/mol. The average molecular weight is 400 g/mol. The molecule has 0 aliphatic carbocycles. The second kappa shape index (κ2) is 8.12. The molecule has 0 atom stereocenters. The predicted molar refractivity (Wildman–Crippen MR) is 106 cm³/mol. The zero-order valence-corrected chi connectivity index (χ0v) is 16.1. The number of nitrogens with two attached hydrogens (primary N) is 1. The quantitative estimate of drug-likeness (QED) is 0.776. The van der Waals surface area contributed by atoms with E-state index in [4.69, 9.17) is 15.2 Å². The fourth-order valence-corrected chi connectivity index (χ4v) is 3.86. The van der Waals surface area contributed by atoms with Gasteiger partial charge in [-0.2, -0.15) is 0 Å². The van der Waals surface area contributed by atoms with E-state index in [0.29, 0.717) is 54.6 Å². The second-order valence-corrected chi connectivity index (χ2v) is 7.17. The van der Waals surface area contributed by atoms with E-state index in [2.05, 4.69) is 5.32 Å². The number of carbonyl (C=O) groups excluding carboxylic acids is 1. The predicted octanol–water partition coefficient (Wildman–Crippen LogP) is 0.605. The van der Waals surface area contributed by atoms with Crippen molar-refractivity contribution in [2.75, 3.05) is 18.5 Å². The van der Waals surface area contributed by atoms with Gasteiger partial charge in [0.25, 0.3) is 5.56 Å². The van der Waals surface area contributed by atoms with E-state index in [9.17, 15) is 14.4 Å². The van der Waals surface area contributed by atoms with Crippen LogP contribution in [-0.4, -0.2) is 28.3 Å². The molecule has 9 nitrogen and oxygen atoms in total. The number of hydrogen-bond acceptors (Lipinski definition) is 6. The van der Waals surface area contributed by atoms with Gasteiger partial charge in [-0.3, -0.25) is 18.7 Å². The highest BCUT2D eigenvalue weighted by Crippen LogP contribution is 2.32. The maximum atomic E-state index is 12.9. The van der Waals surface area contributed by atoms with Crippen LogP contribution in [0.2, 0.25) is 0 Å². The summed E-state index contributed by atoms with van der Waals surface area (Å²) in [5.41, 5.74) is 6.50. The average Bonchev–Trinajstić information content (AvgIpc) is 2.98. The Morgan fingerprint density at radius 2 is 1.90 bits per heavy atom. The minimum absolute atomic E-state index is 0.0399. The summed E-state index contributed by atoms with van der Waals surface area (Å²) in [6.45, 7) is 1.11. The van der Waals surface area contributed by atoms with Crippen molar-refractivity contribution in [3.05, 3.63) is 50.3 Å². The topological polar surface area (TPSA) is 118 Å². The van der Waals surface area contributed by atoms with Crippen LogP contribution in [0.5, 0.6) is 11.5 Å². The van der Waals surface area contributed by atoms with Gasteiger partial charge in [0, 0.05) is 30.5 Å². The molecule has 154 valence electrons. The Balaban J connectivity index is 1.60. The molecule has 1 aromatic carbocycles. The summed E-state index contributed by atoms with van der Waals surface area (Å²) >= 11 is 0. The van der Waals surface area contributed by atoms with E-state index in [-0.39, 0.29) is 13.1 Å². The van der Waals surface area contributed by atoms with Gasteiger partial charge in [-0.15, -0.1) is 0 Å². The molecule has 0 unspecified atom stereocenters. The minimum Gasteiger partial charge on any atom is -0.486 e. The molecule has 0 radical (unpaired) electrons. The van der Waals surface area contributed by atoms with Crippen LogP contribution < -0.4 is 31.8 Å². The molecule has 0 saturated carbocycles. The molecule has 1 amide bonds. The summed E-state index contributed by atoms with van der Waals surface area (Å²) in [5, 5.41) is 2.71. The molecule has 2 aliphatic heterocycles. The van der Waals surface area contributed by atoms with Gasteiger partial charge < -0.3 is 20.5 Å². The number of hydrogen-bond donors (Lipinski definition) is 2. The van der Waals surface area contributed by atoms with E-state index >= 15 is 0 Å². The number of anilines is 1. The van der Waals surface area contributed by atoms with Crippen molar-refractivity contribution in [2.24, 2.45) is 5.73 Å². The Bertz CT molecular complexity index is 1060. The smallest absolute Gasteiger partial charge is 0.331 e. The Morgan fingerprint density at radius 1 is 1.10 bits per heavy atom. The maximum Gasteiger partial charge on any atom is 0.331 e. The lowest BCUT2D eigenvalue weighted by Gasteiger charge is -2.19. The normalized spacial score (nSPS) is 15.3. The molecular formula is C20H24N4O5. The Morgan fingerprint density at radius 3 is 2.69 bits per heavy atom. The van der Waals surface area contributed by atoms with Crippen LogP contribution in [-0.2, 0) is 30.8 Å². The van der Waals surface area contributed by atoms with Crippen LogP contribution in [0.15, 0.2) is 27.8 Å². The van der Waals surface area contributed by atoms with Gasteiger partial charge in [-0.25, -0.2) is 4.79 Å². The van der Waals surface area contributed by atoms with Crippen molar-refractivity contribution in [3.63, 3.8) is 0 Å². The third kappa shape index (κ3) is 3.77. The SMILES string of the molecule is NCc1c2n(c(=O)n(CC(=O)Nc3ccc4c(c3)OCCO4)c1=O)CCCCC2. The fraction of sp³-hybridized carbons (Fsp3) is 0.450. The molecule has 29 heavy (non-hydrogen) atoms. The third-order valence-corrected chi connectivity index (χ3v) is 5.27. The number of nitrogens with one attached hydrogen (secondary N) is 1. The van der Waals surface area contributed by atoms with E-state index in [0.717, 1.165) is 23.8 Å². The van der Waals surface area contributed by atoms with E-state index in [1.165, 1.54) is 0 Å². The lowest BCUT2D eigenvalue weighted by Crippen LogP contribution is -2.46. The molecule has 0 spiro atoms. The van der Waals surface area contributed by atoms with Gasteiger partial charge in [0.05, 0.1) is 5.56 Å². The molecule has 0 bridgehead atoms. The number of ether oxygens (including phenoxy) is 2. The molecule has 3 heterocycles. The van der Waals surface area contributed by atoms with Crippen LogP contribution in [0, 0.1) is 0 Å². The van der Waals surface area contributed by atoms with Gasteiger partial charge in [0.2, 0.25) is 5.91 Å². The molecule has 0 saturated heterocycles. The number of nitrogens with zero attached hydrogens (tertiary/aromatic N) is 2. The number of aromatic nitrogens is 2. The Hall–Kier alpha value is -3.07. The standard InChI is InChI=1S/C20H24N4O5/c21-11-14-15-4-2-1-3-7-23(15)20(27)24(19(14)26)12-18(25)22-13-5-6-16-17(10-13)29-9-8-28-16/h5-6,10H,1-4,7-9,11-12,21H2,(H,22,25). The summed E-state index contributed by atoms with van der Waals surface area (Å²) in [6, 6.07) is 5.05. The van der Waals surface area contributed by atoms with Gasteiger partial charge in [-0.05, 0) is 31.4 Å². The molecular weight excluding hydrogens is 376 g/mol. The van der Waals surface area contributed by atoms with Gasteiger partial charge in [-0.1, -0.05) is 6.42 Å². The minimum atomic E-state index is -0.483. The number of carbonyl (C=O) groups is 1. The van der Waals surface area contributed by atoms with Crippen LogP contribution in [0.4, 0.5) is 5.69 Å². The van der Waals surface area contributed by atoms with Gasteiger partial charge in [0.15, 0.2) is 11.5 Å². The van der Waals surface area contributed by atoms with Crippen LogP contribution in [0.3, 0.4) is 0 Å². The molecule has 1 aromatic heterocycles. The van der Waals surface area contributed by atoms with Crippen molar-refractivity contribution in [1.82, 2.24) is 9.13 Å². The van der Waals surface area contributed by atoms with Crippen molar-refractivity contribution >= 4 is 11.6 Å². The summed E-state index contributed by atoms with van der Waals surface area (Å²) in [7, 11) is 0. The molecule has 2 aromatic rings. The van der Waals surface area contributed by atoms with E-state index in [1.54, 1.807) is 22.8 Å². The lowest BCUT2D eigenvalue weighted by atomic mass is 10.1. The van der Waals surface area contributed by atoms with Crippen molar-refractivity contribution < 1.29 is 14.3 Å². The molecule has 0 fully saturated rings. The number of amides is 1. The lowest BCUT2D eigenvalue weighted by molar-refractivity contribution is -0.116.